The van der Waals surface area contributed by atoms with Crippen molar-refractivity contribution < 1.29 is 19.4 Å². The first-order valence-electron chi connectivity index (χ1n) is 14.8. The fraction of sp³-hybridized carbons (Fsp3) is 0.625. The van der Waals surface area contributed by atoms with Crippen LogP contribution in [-0.2, 0) is 22.4 Å². The van der Waals surface area contributed by atoms with Gasteiger partial charge in [0.05, 0.1) is 12.7 Å². The summed E-state index contributed by atoms with van der Waals surface area (Å²) >= 11 is 0. The number of hydrogen-bond acceptors (Lipinski definition) is 6. The molecule has 0 unspecified atom stereocenters. The Kier molecular flexibility index (Phi) is 8.48. The predicted molar refractivity (Wildman–Crippen MR) is 154 cm³/mol. The van der Waals surface area contributed by atoms with Crippen LogP contribution in [-0.4, -0.2) is 59.9 Å². The number of likely N-dealkylation sites (N-methyl/N-ethyl adjacent to an activating group) is 1. The zero-order valence-electron chi connectivity index (χ0n) is 24.0. The lowest BCUT2D eigenvalue weighted by atomic mass is 9.86. The van der Waals surface area contributed by atoms with Gasteiger partial charge in [-0.1, -0.05) is 39.0 Å². The quantitative estimate of drug-likeness (QED) is 0.362. The van der Waals surface area contributed by atoms with Crippen LogP contribution in [0.1, 0.15) is 93.6 Å². The van der Waals surface area contributed by atoms with Gasteiger partial charge in [0.15, 0.2) is 0 Å². The van der Waals surface area contributed by atoms with Crippen LogP contribution in [0.25, 0.3) is 0 Å². The van der Waals surface area contributed by atoms with Crippen molar-refractivity contribution >= 4 is 11.8 Å². The number of carboxylic acids is 1. The molecule has 7 heteroatoms. The summed E-state index contributed by atoms with van der Waals surface area (Å²) in [6.45, 7) is 9.10. The maximum atomic E-state index is 12.7. The van der Waals surface area contributed by atoms with Crippen molar-refractivity contribution in [2.75, 3.05) is 32.1 Å². The monoisotopic (exact) mass is 535 g/mol. The number of carboxylic acid groups (broad SMARTS) is 1. The first kappa shape index (κ1) is 27.9. The van der Waals surface area contributed by atoms with Crippen molar-refractivity contribution in [1.82, 2.24) is 9.88 Å². The molecule has 1 aliphatic carbocycles. The number of unbranched alkanes of at least 4 members (excludes halogenated alkanes) is 1. The number of nitrogens with one attached hydrogen (secondary N) is 1. The van der Waals surface area contributed by atoms with Gasteiger partial charge in [0.1, 0.15) is 17.6 Å². The fourth-order valence-corrected chi connectivity index (χ4v) is 6.81. The van der Waals surface area contributed by atoms with Gasteiger partial charge in [-0.05, 0) is 93.0 Å². The van der Waals surface area contributed by atoms with Crippen LogP contribution in [0.5, 0.6) is 5.75 Å². The van der Waals surface area contributed by atoms with Crippen molar-refractivity contribution in [3.63, 3.8) is 0 Å². The van der Waals surface area contributed by atoms with Crippen LogP contribution >= 0.6 is 0 Å². The Balaban J connectivity index is 1.17. The number of aromatic nitrogens is 1. The minimum absolute atomic E-state index is 0.0137. The number of benzene rings is 1. The van der Waals surface area contributed by atoms with E-state index >= 15 is 0 Å². The molecular weight excluding hydrogens is 490 g/mol. The maximum absolute atomic E-state index is 12.7. The van der Waals surface area contributed by atoms with Gasteiger partial charge in [-0.3, -0.25) is 9.69 Å². The first-order chi connectivity index (χ1) is 18.7. The predicted octanol–water partition coefficient (Wildman–Crippen LogP) is 5.98. The van der Waals surface area contributed by atoms with Gasteiger partial charge in [-0.15, -0.1) is 0 Å². The lowest BCUT2D eigenvalue weighted by molar-refractivity contribution is -0.144. The number of nitrogens with zero attached hydrogens (tertiary/aromatic N) is 2. The molecule has 0 amide bonds. The summed E-state index contributed by atoms with van der Waals surface area (Å²) in [5.41, 5.74) is 4.38. The van der Waals surface area contributed by atoms with Gasteiger partial charge in [0, 0.05) is 30.5 Å². The molecule has 0 spiro atoms. The Morgan fingerprint density at radius 3 is 2.95 bits per heavy atom. The van der Waals surface area contributed by atoms with Crippen molar-refractivity contribution in [2.45, 2.75) is 96.2 Å². The number of carbonyl (C=O) groups is 1. The molecular formula is C32H45N3O4. The van der Waals surface area contributed by atoms with Crippen LogP contribution in [0.2, 0.25) is 0 Å². The number of pyridine rings is 1. The Hall–Kier alpha value is -2.64. The average Bonchev–Trinajstić information content (AvgIpc) is 3.22. The summed E-state index contributed by atoms with van der Waals surface area (Å²) in [5.74, 6) is 1.37. The number of hydrogen-bond donors (Lipinski definition) is 2. The maximum Gasteiger partial charge on any atom is 0.325 e. The van der Waals surface area contributed by atoms with E-state index in [1.54, 1.807) is 0 Å². The summed E-state index contributed by atoms with van der Waals surface area (Å²) in [4.78, 5) is 19.5. The molecule has 7 nitrogen and oxygen atoms in total. The van der Waals surface area contributed by atoms with E-state index in [2.05, 4.69) is 43.1 Å². The third kappa shape index (κ3) is 6.09. The number of fused-ring (bicyclic) bond motifs is 2. The number of aryl methyl sites for hydroxylation is 2. The van der Waals surface area contributed by atoms with Gasteiger partial charge >= 0.3 is 5.97 Å². The second-order valence-electron chi connectivity index (χ2n) is 12.4. The Labute approximate surface area is 233 Å². The van der Waals surface area contributed by atoms with E-state index in [0.717, 1.165) is 86.5 Å². The minimum Gasteiger partial charge on any atom is -0.493 e. The van der Waals surface area contributed by atoms with Crippen molar-refractivity contribution in [2.24, 2.45) is 5.41 Å². The lowest BCUT2D eigenvalue weighted by Crippen LogP contribution is -2.39. The molecule has 39 heavy (non-hydrogen) atoms. The molecule has 3 heterocycles. The minimum atomic E-state index is -0.808. The highest BCUT2D eigenvalue weighted by Crippen LogP contribution is 2.45. The molecule has 5 rings (SSSR count). The molecule has 0 radical (unpaired) electrons. The second-order valence-corrected chi connectivity index (χ2v) is 12.4. The number of ether oxygens (including phenoxy) is 2. The van der Waals surface area contributed by atoms with E-state index in [1.807, 2.05) is 25.2 Å². The number of aliphatic carboxylic acids is 1. The largest absolute Gasteiger partial charge is 0.493 e. The van der Waals surface area contributed by atoms with Crippen molar-refractivity contribution in [3.05, 3.63) is 52.7 Å². The van der Waals surface area contributed by atoms with Crippen LogP contribution in [0.15, 0.2) is 30.3 Å². The third-order valence-corrected chi connectivity index (χ3v) is 9.13. The van der Waals surface area contributed by atoms with E-state index in [1.165, 1.54) is 12.0 Å². The highest BCUT2D eigenvalue weighted by Gasteiger charge is 2.45. The molecule has 2 aliphatic heterocycles. The Morgan fingerprint density at radius 2 is 2.13 bits per heavy atom. The van der Waals surface area contributed by atoms with Gasteiger partial charge in [0.2, 0.25) is 0 Å². The summed E-state index contributed by atoms with van der Waals surface area (Å²) in [6.07, 6.45) is 8.06. The van der Waals surface area contributed by atoms with E-state index < -0.39 is 12.0 Å². The van der Waals surface area contributed by atoms with Crippen LogP contribution in [0.4, 0.5) is 5.82 Å². The van der Waals surface area contributed by atoms with E-state index in [0.29, 0.717) is 6.61 Å². The van der Waals surface area contributed by atoms with Gasteiger partial charge in [-0.25, -0.2) is 4.98 Å². The van der Waals surface area contributed by atoms with E-state index in [9.17, 15) is 9.90 Å². The normalized spacial score (nSPS) is 24.4. The molecule has 4 atom stereocenters. The fourth-order valence-electron chi connectivity index (χ4n) is 6.81. The first-order valence-corrected chi connectivity index (χ1v) is 14.8. The summed E-state index contributed by atoms with van der Waals surface area (Å²) in [7, 11) is 1.97. The molecule has 1 aromatic heterocycles. The average molecular weight is 536 g/mol. The van der Waals surface area contributed by atoms with E-state index in [4.69, 9.17) is 14.5 Å². The molecule has 2 aromatic rings. The Bertz CT molecular complexity index is 1170. The van der Waals surface area contributed by atoms with Crippen LogP contribution in [0.3, 0.4) is 0 Å². The zero-order valence-corrected chi connectivity index (χ0v) is 24.0. The molecule has 1 fully saturated rings. The SMILES string of the molecule is C[C@H]1CCOc2cccc([C@@H](C(=O)O)N(C)[C@@H]3C[C@@H](OCCCCc4ccc5c(n4)NCCC5)C(C)(C)C3)c21. The molecule has 0 bridgehead atoms. The summed E-state index contributed by atoms with van der Waals surface area (Å²) < 4.78 is 12.4. The smallest absolute Gasteiger partial charge is 0.325 e. The molecule has 1 saturated carbocycles. The van der Waals surface area contributed by atoms with E-state index in [-0.39, 0.29) is 23.5 Å². The molecule has 1 aromatic carbocycles. The second kappa shape index (κ2) is 11.8. The molecule has 2 N–H and O–H groups in total. The Morgan fingerprint density at radius 1 is 1.28 bits per heavy atom. The third-order valence-electron chi connectivity index (χ3n) is 9.13. The van der Waals surface area contributed by atoms with Crippen LogP contribution in [0, 0.1) is 5.41 Å². The van der Waals surface area contributed by atoms with Gasteiger partial charge in [0.25, 0.3) is 0 Å². The summed E-state index contributed by atoms with van der Waals surface area (Å²) in [5, 5.41) is 13.8. The van der Waals surface area contributed by atoms with Gasteiger partial charge in [-0.2, -0.15) is 0 Å². The zero-order chi connectivity index (χ0) is 27.6. The number of anilines is 1. The summed E-state index contributed by atoms with van der Waals surface area (Å²) in [6, 6.07) is 9.69. The topological polar surface area (TPSA) is 83.9 Å². The standard InChI is InChI=1S/C32H45N3O4/c1-21-15-18-38-26-12-7-11-25(28(21)26)29(31(36)37)35(4)24-19-27(32(2,3)20-24)39-17-6-5-10-23-14-13-22-9-8-16-33-30(22)34-23/h7,11-14,21,24,27,29H,5-6,8-10,15-20H2,1-4H3,(H,33,34)(H,36,37)/t21-,24+,27+,29-/m0/s1. The highest BCUT2D eigenvalue weighted by atomic mass is 16.5. The molecule has 0 saturated heterocycles. The van der Waals surface area contributed by atoms with Crippen LogP contribution < -0.4 is 10.1 Å². The van der Waals surface area contributed by atoms with Gasteiger partial charge < -0.3 is 19.9 Å². The number of rotatable bonds is 10. The molecule has 3 aliphatic rings. The van der Waals surface area contributed by atoms with Crippen molar-refractivity contribution in [1.29, 1.82) is 0 Å². The molecule has 212 valence electrons. The highest BCUT2D eigenvalue weighted by molar-refractivity contribution is 5.77. The lowest BCUT2D eigenvalue weighted by Gasteiger charge is -2.34. The van der Waals surface area contributed by atoms with Crippen molar-refractivity contribution in [3.8, 4) is 5.75 Å².